The molecule has 0 aliphatic carbocycles. The molecule has 1 aliphatic rings. The Morgan fingerprint density at radius 1 is 1.40 bits per heavy atom. The Hall–Kier alpha value is -1.55. The molecule has 1 amide bonds. The summed E-state index contributed by atoms with van der Waals surface area (Å²) in [7, 11) is 1.79. The molecule has 1 aromatic carbocycles. The van der Waals surface area contributed by atoms with E-state index in [1.54, 1.807) is 11.9 Å². The predicted molar refractivity (Wildman–Crippen MR) is 80.9 cm³/mol. The molecule has 0 aromatic heterocycles. The number of carbonyl (C=O) groups excluding carboxylic acids is 1. The van der Waals surface area contributed by atoms with E-state index >= 15 is 0 Å². The first kappa shape index (κ1) is 14.9. The Morgan fingerprint density at radius 3 is 2.60 bits per heavy atom. The van der Waals surface area contributed by atoms with Crippen molar-refractivity contribution in [1.82, 2.24) is 0 Å². The van der Waals surface area contributed by atoms with E-state index in [2.05, 4.69) is 20.8 Å². The van der Waals surface area contributed by atoms with Crippen LogP contribution in [0.5, 0.6) is 5.75 Å². The number of anilines is 1. The maximum atomic E-state index is 12.2. The number of amides is 1. The van der Waals surface area contributed by atoms with Gasteiger partial charge in [-0.25, -0.2) is 0 Å². The van der Waals surface area contributed by atoms with Crippen molar-refractivity contribution in [2.24, 2.45) is 11.1 Å². The van der Waals surface area contributed by atoms with Crippen LogP contribution in [0.2, 0.25) is 0 Å². The second-order valence-corrected chi connectivity index (χ2v) is 6.48. The van der Waals surface area contributed by atoms with Crippen LogP contribution in [0.3, 0.4) is 0 Å². The molecule has 0 bridgehead atoms. The number of fused-ring (bicyclic) bond motifs is 1. The fourth-order valence-corrected chi connectivity index (χ4v) is 2.39. The SMILES string of the molecule is CCC1Oc2ccc(C(N)C(C)(C)C)cc2N(C)C1=O. The van der Waals surface area contributed by atoms with Gasteiger partial charge in [-0.1, -0.05) is 33.8 Å². The molecule has 2 atom stereocenters. The molecule has 2 N–H and O–H groups in total. The Kier molecular flexibility index (Phi) is 3.78. The molecule has 1 heterocycles. The molecule has 0 radical (unpaired) electrons. The second-order valence-electron chi connectivity index (χ2n) is 6.48. The third-order valence-electron chi connectivity index (χ3n) is 3.88. The number of carbonyl (C=O) groups is 1. The summed E-state index contributed by atoms with van der Waals surface area (Å²) >= 11 is 0. The zero-order chi connectivity index (χ0) is 15.1. The average Bonchev–Trinajstić information content (AvgIpc) is 2.40. The first-order chi connectivity index (χ1) is 9.25. The van der Waals surface area contributed by atoms with Crippen LogP contribution in [-0.4, -0.2) is 19.1 Å². The van der Waals surface area contributed by atoms with E-state index in [4.69, 9.17) is 10.5 Å². The van der Waals surface area contributed by atoms with Crippen molar-refractivity contribution in [3.05, 3.63) is 23.8 Å². The summed E-state index contributed by atoms with van der Waals surface area (Å²) in [6, 6.07) is 5.79. The molecule has 4 heteroatoms. The van der Waals surface area contributed by atoms with Gasteiger partial charge in [0, 0.05) is 13.1 Å². The first-order valence-electron chi connectivity index (χ1n) is 7.09. The van der Waals surface area contributed by atoms with Crippen LogP contribution in [0.25, 0.3) is 0 Å². The number of hydrogen-bond acceptors (Lipinski definition) is 3. The molecule has 2 rings (SSSR count). The predicted octanol–water partition coefficient (Wildman–Crippen LogP) is 2.87. The van der Waals surface area contributed by atoms with Gasteiger partial charge in [0.05, 0.1) is 5.69 Å². The van der Waals surface area contributed by atoms with Crippen molar-refractivity contribution in [2.75, 3.05) is 11.9 Å². The van der Waals surface area contributed by atoms with Gasteiger partial charge in [0.25, 0.3) is 5.91 Å². The van der Waals surface area contributed by atoms with E-state index in [0.717, 1.165) is 17.0 Å². The summed E-state index contributed by atoms with van der Waals surface area (Å²) in [5.74, 6) is 0.755. The summed E-state index contributed by atoms with van der Waals surface area (Å²) in [5.41, 5.74) is 8.09. The molecular formula is C16H24N2O2. The standard InChI is InChI=1S/C16H24N2O2/c1-6-12-15(19)18(5)11-9-10(7-8-13(11)20-12)14(17)16(2,3)4/h7-9,12,14H,6,17H2,1-5H3. The lowest BCUT2D eigenvalue weighted by molar-refractivity contribution is -0.126. The van der Waals surface area contributed by atoms with Gasteiger partial charge in [-0.3, -0.25) is 4.79 Å². The fraction of sp³-hybridized carbons (Fsp3) is 0.562. The molecule has 0 saturated heterocycles. The highest BCUT2D eigenvalue weighted by Crippen LogP contribution is 2.38. The van der Waals surface area contributed by atoms with Gasteiger partial charge < -0.3 is 15.4 Å². The van der Waals surface area contributed by atoms with E-state index < -0.39 is 0 Å². The Balaban J connectivity index is 2.40. The molecule has 2 unspecified atom stereocenters. The largest absolute Gasteiger partial charge is 0.478 e. The minimum Gasteiger partial charge on any atom is -0.478 e. The van der Waals surface area contributed by atoms with Crippen LogP contribution in [0.1, 0.15) is 45.7 Å². The van der Waals surface area contributed by atoms with E-state index in [1.807, 2.05) is 25.1 Å². The number of nitrogens with zero attached hydrogens (tertiary/aromatic N) is 1. The smallest absolute Gasteiger partial charge is 0.267 e. The summed E-state index contributed by atoms with van der Waals surface area (Å²) in [4.78, 5) is 13.8. The molecule has 1 aromatic rings. The van der Waals surface area contributed by atoms with Crippen LogP contribution >= 0.6 is 0 Å². The van der Waals surface area contributed by atoms with Crippen LogP contribution in [0.15, 0.2) is 18.2 Å². The summed E-state index contributed by atoms with van der Waals surface area (Å²) in [5, 5.41) is 0. The van der Waals surface area contributed by atoms with Gasteiger partial charge in [-0.05, 0) is 29.5 Å². The summed E-state index contributed by atoms with van der Waals surface area (Å²) < 4.78 is 5.75. The van der Waals surface area contributed by atoms with Gasteiger partial charge in [0.2, 0.25) is 0 Å². The zero-order valence-electron chi connectivity index (χ0n) is 12.9. The lowest BCUT2D eigenvalue weighted by atomic mass is 9.83. The van der Waals surface area contributed by atoms with Crippen molar-refractivity contribution in [3.8, 4) is 5.75 Å². The fourth-order valence-electron chi connectivity index (χ4n) is 2.39. The molecule has 0 fully saturated rings. The average molecular weight is 276 g/mol. The molecule has 20 heavy (non-hydrogen) atoms. The summed E-state index contributed by atoms with van der Waals surface area (Å²) in [6.45, 7) is 8.27. The van der Waals surface area contributed by atoms with Gasteiger partial charge in [0.15, 0.2) is 6.10 Å². The van der Waals surface area contributed by atoms with E-state index in [9.17, 15) is 4.79 Å². The molecule has 0 spiro atoms. The molecule has 1 aliphatic heterocycles. The van der Waals surface area contributed by atoms with Crippen molar-refractivity contribution < 1.29 is 9.53 Å². The van der Waals surface area contributed by atoms with E-state index in [1.165, 1.54) is 0 Å². The number of hydrogen-bond donors (Lipinski definition) is 1. The van der Waals surface area contributed by atoms with Crippen LogP contribution in [0.4, 0.5) is 5.69 Å². The quantitative estimate of drug-likeness (QED) is 0.903. The second kappa shape index (κ2) is 5.09. The Morgan fingerprint density at radius 2 is 2.05 bits per heavy atom. The van der Waals surface area contributed by atoms with Crippen LogP contribution in [-0.2, 0) is 4.79 Å². The minimum atomic E-state index is -0.380. The zero-order valence-corrected chi connectivity index (χ0v) is 12.9. The van der Waals surface area contributed by atoms with Gasteiger partial charge in [-0.15, -0.1) is 0 Å². The Bertz CT molecular complexity index is 520. The van der Waals surface area contributed by atoms with Gasteiger partial charge in [0.1, 0.15) is 5.75 Å². The third-order valence-corrected chi connectivity index (χ3v) is 3.88. The van der Waals surface area contributed by atoms with Crippen molar-refractivity contribution >= 4 is 11.6 Å². The highest BCUT2D eigenvalue weighted by Gasteiger charge is 2.32. The lowest BCUT2D eigenvalue weighted by Crippen LogP contribution is -2.43. The Labute approximate surface area is 120 Å². The van der Waals surface area contributed by atoms with E-state index in [-0.39, 0.29) is 23.5 Å². The first-order valence-corrected chi connectivity index (χ1v) is 7.09. The maximum Gasteiger partial charge on any atom is 0.267 e. The van der Waals surface area contributed by atoms with Crippen molar-refractivity contribution in [3.63, 3.8) is 0 Å². The number of ether oxygens (including phenoxy) is 1. The van der Waals surface area contributed by atoms with Crippen molar-refractivity contribution in [2.45, 2.75) is 46.3 Å². The van der Waals surface area contributed by atoms with Crippen LogP contribution < -0.4 is 15.4 Å². The third kappa shape index (κ3) is 2.52. The van der Waals surface area contributed by atoms with Gasteiger partial charge in [-0.2, -0.15) is 0 Å². The minimum absolute atomic E-state index is 0.00137. The number of benzene rings is 1. The maximum absolute atomic E-state index is 12.2. The van der Waals surface area contributed by atoms with Crippen molar-refractivity contribution in [1.29, 1.82) is 0 Å². The monoisotopic (exact) mass is 276 g/mol. The number of rotatable bonds is 2. The van der Waals surface area contributed by atoms with Crippen LogP contribution in [0, 0.1) is 5.41 Å². The van der Waals surface area contributed by atoms with E-state index in [0.29, 0.717) is 6.42 Å². The molecular weight excluding hydrogens is 252 g/mol. The number of likely N-dealkylation sites (N-methyl/N-ethyl adjacent to an activating group) is 1. The molecule has 110 valence electrons. The normalized spacial score (nSPS) is 20.4. The van der Waals surface area contributed by atoms with Gasteiger partial charge >= 0.3 is 0 Å². The summed E-state index contributed by atoms with van der Waals surface area (Å²) in [6.07, 6.45) is 0.293. The molecule has 4 nitrogen and oxygen atoms in total. The topological polar surface area (TPSA) is 55.6 Å². The highest BCUT2D eigenvalue weighted by molar-refractivity contribution is 5.99. The highest BCUT2D eigenvalue weighted by atomic mass is 16.5. The molecule has 0 saturated carbocycles. The number of nitrogens with two attached hydrogens (primary N) is 1. The lowest BCUT2D eigenvalue weighted by Gasteiger charge is -2.33.